The fraction of sp³-hybridized carbons (Fsp3) is 0.440. The highest BCUT2D eigenvalue weighted by Crippen LogP contribution is 2.25. The van der Waals surface area contributed by atoms with E-state index in [-0.39, 0.29) is 43.5 Å². The number of likely N-dealkylation sites (N-methyl/N-ethyl adjacent to an activating group) is 1. The number of rotatable bonds is 11. The molecule has 1 saturated heterocycles. The molecule has 12 nitrogen and oxygen atoms in total. The third-order valence-corrected chi connectivity index (χ3v) is 7.72. The van der Waals surface area contributed by atoms with E-state index in [9.17, 15) is 31.2 Å². The quantitative estimate of drug-likeness (QED) is 0.174. The van der Waals surface area contributed by atoms with Gasteiger partial charge < -0.3 is 20.8 Å². The summed E-state index contributed by atoms with van der Waals surface area (Å²) in [4.78, 5) is 23.5. The van der Waals surface area contributed by atoms with E-state index in [0.717, 1.165) is 42.7 Å². The van der Waals surface area contributed by atoms with E-state index in [1.165, 1.54) is 33.2 Å². The van der Waals surface area contributed by atoms with Crippen molar-refractivity contribution in [3.63, 3.8) is 0 Å². The van der Waals surface area contributed by atoms with Crippen LogP contribution in [-0.2, 0) is 32.6 Å². The minimum Gasteiger partial charge on any atom is -0.406 e. The number of hydrogen-bond acceptors (Lipinski definition) is 7. The van der Waals surface area contributed by atoms with E-state index in [4.69, 9.17) is 5.84 Å². The summed E-state index contributed by atoms with van der Waals surface area (Å²) < 4.78 is 66.7. The van der Waals surface area contributed by atoms with Crippen LogP contribution in [0.4, 0.5) is 13.2 Å². The summed E-state index contributed by atoms with van der Waals surface area (Å²) in [6.45, 7) is 3.17. The van der Waals surface area contributed by atoms with Crippen LogP contribution in [0, 0.1) is 0 Å². The third kappa shape index (κ3) is 11.2. The van der Waals surface area contributed by atoms with Gasteiger partial charge in [0, 0.05) is 39.8 Å². The molecule has 0 aliphatic carbocycles. The van der Waals surface area contributed by atoms with Crippen molar-refractivity contribution in [3.8, 4) is 5.75 Å². The Balaban J connectivity index is 0.000000377. The first-order valence-electron chi connectivity index (χ1n) is 12.6. The predicted octanol–water partition coefficient (Wildman–Crippen LogP) is 2.48. The number of alkyl halides is 3. The fourth-order valence-electron chi connectivity index (χ4n) is 3.83. The first kappa shape index (κ1) is 33.3. The number of ether oxygens (including phenoxy) is 1. The monoisotopic (exact) mass is 601 g/mol. The molecule has 2 aromatic carbocycles. The van der Waals surface area contributed by atoms with Crippen LogP contribution in [0.15, 0.2) is 63.9 Å². The van der Waals surface area contributed by atoms with Gasteiger partial charge in [0.1, 0.15) is 12.3 Å². The molecule has 0 atom stereocenters. The number of carbonyl (C=O) groups excluding carboxylic acids is 2. The average molecular weight is 602 g/mol. The normalized spacial score (nSPS) is 14.2. The number of nitrogens with zero attached hydrogens (tertiary/aromatic N) is 5. The van der Waals surface area contributed by atoms with Crippen molar-refractivity contribution in [2.24, 2.45) is 16.3 Å². The van der Waals surface area contributed by atoms with Gasteiger partial charge in [-0.2, -0.15) is 4.31 Å². The second-order valence-electron chi connectivity index (χ2n) is 8.89. The molecule has 41 heavy (non-hydrogen) atoms. The van der Waals surface area contributed by atoms with Gasteiger partial charge in [0.25, 0.3) is 0 Å². The van der Waals surface area contributed by atoms with E-state index < -0.39 is 22.1 Å². The third-order valence-electron chi connectivity index (χ3n) is 5.81. The summed E-state index contributed by atoms with van der Waals surface area (Å²) in [6.07, 6.45) is -1.84. The largest absolute Gasteiger partial charge is 0.573 e. The lowest BCUT2D eigenvalue weighted by Crippen LogP contribution is -2.52. The maximum absolute atomic E-state index is 12.6. The van der Waals surface area contributed by atoms with Crippen LogP contribution in [0.5, 0.6) is 5.75 Å². The Bertz CT molecular complexity index is 1240. The SMILES string of the molecule is CCCc1ccc(CNC=O)cc1.CN(CC(=O)N1CCN(S(=O)(=O)c2ccc(OC(F)(F)F)cc2)CC1)/N=N\N. The van der Waals surface area contributed by atoms with Gasteiger partial charge in [0.05, 0.1) is 4.90 Å². The molecule has 0 unspecified atom stereocenters. The van der Waals surface area contributed by atoms with Crippen molar-refractivity contribution in [2.45, 2.75) is 37.6 Å². The van der Waals surface area contributed by atoms with Crippen LogP contribution >= 0.6 is 0 Å². The zero-order valence-electron chi connectivity index (χ0n) is 22.7. The van der Waals surface area contributed by atoms with E-state index in [1.807, 2.05) is 0 Å². The lowest BCUT2D eigenvalue weighted by molar-refractivity contribution is -0.274. The Hall–Kier alpha value is -3.92. The molecule has 0 bridgehead atoms. The van der Waals surface area contributed by atoms with Gasteiger partial charge in [-0.1, -0.05) is 48.1 Å². The lowest BCUT2D eigenvalue weighted by Gasteiger charge is -2.34. The van der Waals surface area contributed by atoms with Gasteiger partial charge in [-0.25, -0.2) is 8.42 Å². The van der Waals surface area contributed by atoms with Crippen molar-refractivity contribution in [1.29, 1.82) is 0 Å². The van der Waals surface area contributed by atoms with Gasteiger partial charge in [-0.3, -0.25) is 14.6 Å². The molecule has 2 amide bonds. The van der Waals surface area contributed by atoms with Crippen molar-refractivity contribution < 1.29 is 35.9 Å². The highest BCUT2D eigenvalue weighted by molar-refractivity contribution is 7.89. The number of halogens is 3. The standard InChI is InChI=1S/C14H19F3N6O4S.C11H15NO/c1-21(20-19-18)10-13(24)22-6-8-23(9-7-22)28(25,26)12-4-2-11(3-5-12)27-14(15,16)17;1-2-3-10-4-6-11(7-5-10)8-12-9-13/h2-5H,6-10H2,1H3,(H2,18,20);4-7,9H,2-3,8H2,1H3,(H,12,13). The van der Waals surface area contributed by atoms with Gasteiger partial charge in [-0.15, -0.1) is 13.2 Å². The number of nitrogens with one attached hydrogen (secondary N) is 1. The Labute approximate surface area is 236 Å². The molecule has 1 heterocycles. The second kappa shape index (κ2) is 15.8. The minimum atomic E-state index is -4.86. The van der Waals surface area contributed by atoms with Gasteiger partial charge >= 0.3 is 6.36 Å². The first-order chi connectivity index (χ1) is 19.4. The van der Waals surface area contributed by atoms with Crippen molar-refractivity contribution in [1.82, 2.24) is 19.5 Å². The van der Waals surface area contributed by atoms with E-state index in [1.54, 1.807) is 0 Å². The summed E-state index contributed by atoms with van der Waals surface area (Å²) >= 11 is 0. The Morgan fingerprint density at radius 1 is 1.07 bits per heavy atom. The minimum absolute atomic E-state index is 0.0526. The summed E-state index contributed by atoms with van der Waals surface area (Å²) in [6, 6.07) is 12.3. The van der Waals surface area contributed by atoms with E-state index in [2.05, 4.69) is 51.7 Å². The molecular weight excluding hydrogens is 567 g/mol. The van der Waals surface area contributed by atoms with Crippen molar-refractivity contribution in [2.75, 3.05) is 39.8 Å². The smallest absolute Gasteiger partial charge is 0.406 e. The molecule has 1 fully saturated rings. The number of aryl methyl sites for hydroxylation is 1. The number of piperazine rings is 1. The molecule has 0 radical (unpaired) electrons. The predicted molar refractivity (Wildman–Crippen MR) is 143 cm³/mol. The number of benzene rings is 2. The zero-order chi connectivity index (χ0) is 30.5. The van der Waals surface area contributed by atoms with E-state index in [0.29, 0.717) is 6.54 Å². The number of nitrogens with two attached hydrogens (primary N) is 1. The van der Waals surface area contributed by atoms with Crippen LogP contribution in [0.2, 0.25) is 0 Å². The summed E-state index contributed by atoms with van der Waals surface area (Å²) in [5.41, 5.74) is 2.50. The molecule has 0 saturated carbocycles. The molecule has 1 aliphatic heterocycles. The van der Waals surface area contributed by atoms with Gasteiger partial charge in [-0.05, 0) is 41.8 Å². The number of amides is 2. The molecular formula is C25H34F3N7O5S. The summed E-state index contributed by atoms with van der Waals surface area (Å²) in [5, 5.41) is 10.4. The second-order valence-corrected chi connectivity index (χ2v) is 10.8. The number of carbonyl (C=O) groups is 2. The number of hydrogen-bond donors (Lipinski definition) is 2. The molecule has 226 valence electrons. The van der Waals surface area contributed by atoms with Crippen molar-refractivity contribution in [3.05, 3.63) is 59.7 Å². The lowest BCUT2D eigenvalue weighted by atomic mass is 10.1. The van der Waals surface area contributed by atoms with Gasteiger partial charge in [0.2, 0.25) is 22.3 Å². The van der Waals surface area contributed by atoms with Crippen LogP contribution in [0.3, 0.4) is 0 Å². The molecule has 3 N–H and O–H groups in total. The Morgan fingerprint density at radius 3 is 2.17 bits per heavy atom. The molecule has 3 rings (SSSR count). The van der Waals surface area contributed by atoms with Crippen LogP contribution in [0.1, 0.15) is 24.5 Å². The summed E-state index contributed by atoms with van der Waals surface area (Å²) in [5.74, 6) is 4.12. The average Bonchev–Trinajstić information content (AvgIpc) is 2.93. The Morgan fingerprint density at radius 2 is 1.66 bits per heavy atom. The molecule has 0 spiro atoms. The van der Waals surface area contributed by atoms with Gasteiger partial charge in [0.15, 0.2) is 0 Å². The Kier molecular flexibility index (Phi) is 12.8. The fourth-order valence-corrected chi connectivity index (χ4v) is 5.25. The highest BCUT2D eigenvalue weighted by Gasteiger charge is 2.32. The maximum atomic E-state index is 12.6. The van der Waals surface area contributed by atoms with Crippen LogP contribution in [-0.4, -0.2) is 81.1 Å². The van der Waals surface area contributed by atoms with Crippen LogP contribution in [0.25, 0.3) is 0 Å². The zero-order valence-corrected chi connectivity index (χ0v) is 23.6. The van der Waals surface area contributed by atoms with Crippen LogP contribution < -0.4 is 15.9 Å². The van der Waals surface area contributed by atoms with Crippen molar-refractivity contribution >= 4 is 22.3 Å². The molecule has 16 heteroatoms. The molecule has 2 aromatic rings. The highest BCUT2D eigenvalue weighted by atomic mass is 32.2. The maximum Gasteiger partial charge on any atom is 0.573 e. The van der Waals surface area contributed by atoms with E-state index >= 15 is 0 Å². The number of sulfonamides is 1. The first-order valence-corrected chi connectivity index (χ1v) is 14.0. The topological polar surface area (TPSA) is 150 Å². The molecule has 0 aromatic heterocycles. The summed E-state index contributed by atoms with van der Waals surface area (Å²) in [7, 11) is -2.39. The molecule has 1 aliphatic rings.